The summed E-state index contributed by atoms with van der Waals surface area (Å²) in [6.45, 7) is 1.60. The Kier molecular flexibility index (Phi) is 7.73. The number of hydrogen-bond donors (Lipinski definition) is 1. The van der Waals surface area contributed by atoms with Crippen molar-refractivity contribution in [3.63, 3.8) is 0 Å². The molecule has 170 valence electrons. The van der Waals surface area contributed by atoms with Crippen LogP contribution in [0.1, 0.15) is 54.5 Å². The van der Waals surface area contributed by atoms with Crippen molar-refractivity contribution >= 4 is 11.6 Å². The van der Waals surface area contributed by atoms with Crippen molar-refractivity contribution in [1.82, 2.24) is 4.90 Å². The molecule has 2 aromatic carbocycles. The van der Waals surface area contributed by atoms with Crippen molar-refractivity contribution < 1.29 is 22.6 Å². The zero-order valence-electron chi connectivity index (χ0n) is 17.7. The van der Waals surface area contributed by atoms with E-state index in [4.69, 9.17) is 26.8 Å². The highest BCUT2D eigenvalue weighted by Crippen LogP contribution is 2.38. The van der Waals surface area contributed by atoms with Gasteiger partial charge in [0.2, 0.25) is 0 Å². The van der Waals surface area contributed by atoms with Gasteiger partial charge in [-0.25, -0.2) is 0 Å². The molecule has 2 aromatic rings. The lowest BCUT2D eigenvalue weighted by Gasteiger charge is -2.37. The summed E-state index contributed by atoms with van der Waals surface area (Å²) in [5, 5.41) is -0.312. The number of nitrogens with two attached hydrogens (primary N) is 1. The molecule has 0 aromatic heterocycles. The SMILES string of the molecule is COc1ccc(C2CCCCN2CCC(N)c2ccc(Cl)c(C(F)(F)F)c2)cc1OC. The summed E-state index contributed by atoms with van der Waals surface area (Å²) in [5.41, 5.74) is 7.00. The van der Waals surface area contributed by atoms with E-state index in [1.807, 2.05) is 18.2 Å². The number of ether oxygens (including phenoxy) is 2. The third-order valence-electron chi connectivity index (χ3n) is 5.86. The minimum Gasteiger partial charge on any atom is -0.493 e. The molecule has 0 spiro atoms. The van der Waals surface area contributed by atoms with Crippen LogP contribution in [0.3, 0.4) is 0 Å². The predicted octanol–water partition coefficient (Wildman–Crippen LogP) is 5.99. The monoisotopic (exact) mass is 456 g/mol. The third-order valence-corrected chi connectivity index (χ3v) is 6.19. The molecule has 1 heterocycles. The fourth-order valence-electron chi connectivity index (χ4n) is 4.16. The number of hydrogen-bond acceptors (Lipinski definition) is 4. The number of nitrogens with zero attached hydrogens (tertiary/aromatic N) is 1. The molecule has 2 atom stereocenters. The first kappa shape index (κ1) is 23.7. The first-order chi connectivity index (χ1) is 14.7. The van der Waals surface area contributed by atoms with Crippen LogP contribution in [0.25, 0.3) is 0 Å². The maximum atomic E-state index is 13.2. The van der Waals surface area contributed by atoms with Gasteiger partial charge in [-0.05, 0) is 61.2 Å². The van der Waals surface area contributed by atoms with Crippen LogP contribution in [0.4, 0.5) is 13.2 Å². The van der Waals surface area contributed by atoms with E-state index in [2.05, 4.69) is 4.90 Å². The van der Waals surface area contributed by atoms with Gasteiger partial charge in [0.05, 0.1) is 24.8 Å². The normalized spacial score (nSPS) is 18.6. The van der Waals surface area contributed by atoms with Crippen molar-refractivity contribution in [3.8, 4) is 11.5 Å². The van der Waals surface area contributed by atoms with Crippen LogP contribution < -0.4 is 15.2 Å². The number of halogens is 4. The summed E-state index contributed by atoms with van der Waals surface area (Å²) in [4.78, 5) is 2.35. The number of likely N-dealkylation sites (tertiary alicyclic amines) is 1. The fourth-order valence-corrected chi connectivity index (χ4v) is 4.38. The molecule has 2 N–H and O–H groups in total. The smallest absolute Gasteiger partial charge is 0.417 e. The fraction of sp³-hybridized carbons (Fsp3) is 0.478. The minimum atomic E-state index is -4.50. The molecule has 0 aliphatic carbocycles. The lowest BCUT2D eigenvalue weighted by Crippen LogP contribution is -2.35. The maximum absolute atomic E-state index is 13.2. The molecule has 1 aliphatic heterocycles. The van der Waals surface area contributed by atoms with E-state index in [9.17, 15) is 13.2 Å². The Morgan fingerprint density at radius 1 is 1.10 bits per heavy atom. The second-order valence-electron chi connectivity index (χ2n) is 7.79. The molecule has 2 unspecified atom stereocenters. The average molecular weight is 457 g/mol. The summed E-state index contributed by atoms with van der Waals surface area (Å²) in [6.07, 6.45) is -0.753. The lowest BCUT2D eigenvalue weighted by molar-refractivity contribution is -0.137. The molecule has 31 heavy (non-hydrogen) atoms. The molecule has 3 rings (SSSR count). The first-order valence-electron chi connectivity index (χ1n) is 10.3. The number of alkyl halides is 3. The molecule has 0 bridgehead atoms. The number of piperidine rings is 1. The van der Waals surface area contributed by atoms with Gasteiger partial charge in [0.15, 0.2) is 11.5 Å². The van der Waals surface area contributed by atoms with Crippen LogP contribution in [0.5, 0.6) is 11.5 Å². The highest BCUT2D eigenvalue weighted by atomic mass is 35.5. The quantitative estimate of drug-likeness (QED) is 0.555. The first-order valence-corrected chi connectivity index (χ1v) is 10.7. The highest BCUT2D eigenvalue weighted by Gasteiger charge is 2.34. The van der Waals surface area contributed by atoms with Crippen molar-refractivity contribution in [3.05, 3.63) is 58.1 Å². The van der Waals surface area contributed by atoms with Gasteiger partial charge in [-0.15, -0.1) is 0 Å². The van der Waals surface area contributed by atoms with Gasteiger partial charge in [0.1, 0.15) is 0 Å². The lowest BCUT2D eigenvalue weighted by atomic mass is 9.94. The Morgan fingerprint density at radius 3 is 2.52 bits per heavy atom. The zero-order chi connectivity index (χ0) is 22.6. The predicted molar refractivity (Wildman–Crippen MR) is 116 cm³/mol. The van der Waals surface area contributed by atoms with Crippen molar-refractivity contribution in [2.75, 3.05) is 27.3 Å². The van der Waals surface area contributed by atoms with Gasteiger partial charge in [-0.1, -0.05) is 30.2 Å². The van der Waals surface area contributed by atoms with Crippen molar-refractivity contribution in [1.29, 1.82) is 0 Å². The van der Waals surface area contributed by atoms with Crippen LogP contribution in [-0.2, 0) is 6.18 Å². The number of rotatable bonds is 7. The topological polar surface area (TPSA) is 47.7 Å². The second kappa shape index (κ2) is 10.1. The van der Waals surface area contributed by atoms with E-state index in [-0.39, 0.29) is 11.1 Å². The Morgan fingerprint density at radius 2 is 1.84 bits per heavy atom. The molecule has 0 saturated carbocycles. The summed E-state index contributed by atoms with van der Waals surface area (Å²) >= 11 is 5.73. The van der Waals surface area contributed by atoms with Crippen molar-refractivity contribution in [2.45, 2.75) is 43.9 Å². The molecule has 4 nitrogen and oxygen atoms in total. The molecule has 1 aliphatic rings. The van der Waals surface area contributed by atoms with Gasteiger partial charge in [0, 0.05) is 18.6 Å². The van der Waals surface area contributed by atoms with E-state index in [0.29, 0.717) is 30.0 Å². The Balaban J connectivity index is 1.73. The Labute approximate surface area is 186 Å². The third kappa shape index (κ3) is 5.64. The van der Waals surface area contributed by atoms with Gasteiger partial charge < -0.3 is 15.2 Å². The minimum absolute atomic E-state index is 0.205. The molecule has 1 fully saturated rings. The average Bonchev–Trinajstić information content (AvgIpc) is 2.76. The second-order valence-corrected chi connectivity index (χ2v) is 8.20. The van der Waals surface area contributed by atoms with Crippen LogP contribution in [0, 0.1) is 0 Å². The maximum Gasteiger partial charge on any atom is 0.417 e. The summed E-state index contributed by atoms with van der Waals surface area (Å²) in [7, 11) is 3.22. The molecule has 0 amide bonds. The van der Waals surface area contributed by atoms with E-state index < -0.39 is 17.8 Å². The standard InChI is InChI=1S/C23H28ClF3N2O2/c1-30-21-9-7-16(14-22(21)31-2)20-5-3-4-11-29(20)12-10-19(28)15-6-8-18(24)17(13-15)23(25,26)27/h6-9,13-14,19-20H,3-5,10-12,28H2,1-2H3. The molecule has 0 radical (unpaired) electrons. The van der Waals surface area contributed by atoms with E-state index in [0.717, 1.165) is 37.4 Å². The molecular weight excluding hydrogens is 429 g/mol. The van der Waals surface area contributed by atoms with Crippen LogP contribution in [0.2, 0.25) is 5.02 Å². The summed E-state index contributed by atoms with van der Waals surface area (Å²) in [6, 6.07) is 9.55. The van der Waals surface area contributed by atoms with Gasteiger partial charge >= 0.3 is 6.18 Å². The Bertz CT molecular complexity index is 892. The van der Waals surface area contributed by atoms with Crippen LogP contribution in [0.15, 0.2) is 36.4 Å². The van der Waals surface area contributed by atoms with E-state index >= 15 is 0 Å². The number of methoxy groups -OCH3 is 2. The van der Waals surface area contributed by atoms with Gasteiger partial charge in [0.25, 0.3) is 0 Å². The molecule has 1 saturated heterocycles. The van der Waals surface area contributed by atoms with Gasteiger partial charge in [-0.2, -0.15) is 13.2 Å². The summed E-state index contributed by atoms with van der Waals surface area (Å²) < 4.78 is 50.3. The van der Waals surface area contributed by atoms with Crippen LogP contribution >= 0.6 is 11.6 Å². The van der Waals surface area contributed by atoms with Gasteiger partial charge in [-0.3, -0.25) is 4.90 Å². The van der Waals surface area contributed by atoms with Crippen molar-refractivity contribution in [2.24, 2.45) is 5.73 Å². The summed E-state index contributed by atoms with van der Waals surface area (Å²) in [5.74, 6) is 1.36. The van der Waals surface area contributed by atoms with E-state index in [1.54, 1.807) is 20.3 Å². The molecular formula is C23H28ClF3N2O2. The van der Waals surface area contributed by atoms with Crippen LogP contribution in [-0.4, -0.2) is 32.2 Å². The van der Waals surface area contributed by atoms with E-state index in [1.165, 1.54) is 6.07 Å². The highest BCUT2D eigenvalue weighted by molar-refractivity contribution is 6.31. The molecule has 8 heteroatoms. The largest absolute Gasteiger partial charge is 0.493 e. The number of benzene rings is 2. The zero-order valence-corrected chi connectivity index (χ0v) is 18.5. The Hall–Kier alpha value is -1.96.